The molecule has 24 heavy (non-hydrogen) atoms. The maximum absolute atomic E-state index is 12.3. The van der Waals surface area contributed by atoms with Gasteiger partial charge in [-0.05, 0) is 24.3 Å². The van der Waals surface area contributed by atoms with Gasteiger partial charge in [-0.15, -0.1) is 0 Å². The number of pyridine rings is 2. The number of carbonyl (C=O) groups excluding carboxylic acids is 1. The van der Waals surface area contributed by atoms with Crippen LogP contribution in [0.4, 0.5) is 11.5 Å². The number of carbonyl (C=O) groups is 1. The van der Waals surface area contributed by atoms with Crippen molar-refractivity contribution >= 4 is 57.0 Å². The van der Waals surface area contributed by atoms with Gasteiger partial charge in [0.25, 0.3) is 0 Å². The molecule has 0 aromatic carbocycles. The lowest BCUT2D eigenvalue weighted by Crippen LogP contribution is -2.20. The number of fused-ring (bicyclic) bond motifs is 2. The number of aromatic nitrogens is 6. The lowest BCUT2D eigenvalue weighted by atomic mass is 10.3. The van der Waals surface area contributed by atoms with E-state index in [2.05, 4.69) is 29.0 Å². The molecule has 0 saturated heterocycles. The molecule has 0 bridgehead atoms. The maximum Gasteiger partial charge on any atom is 0.246 e. The third-order valence-corrected chi connectivity index (χ3v) is 3.99. The Kier molecular flexibility index (Phi) is 3.72. The van der Waals surface area contributed by atoms with E-state index in [1.165, 1.54) is 6.33 Å². The van der Waals surface area contributed by atoms with E-state index in [1.807, 2.05) is 35.0 Å². The fourth-order valence-electron chi connectivity index (χ4n) is 2.35. The van der Waals surface area contributed by atoms with Crippen molar-refractivity contribution in [2.45, 2.75) is 6.54 Å². The van der Waals surface area contributed by atoms with Crippen molar-refractivity contribution in [1.29, 1.82) is 0 Å². The van der Waals surface area contributed by atoms with Gasteiger partial charge in [0.1, 0.15) is 18.7 Å². The Labute approximate surface area is 149 Å². The van der Waals surface area contributed by atoms with Gasteiger partial charge in [0, 0.05) is 5.39 Å². The van der Waals surface area contributed by atoms with Gasteiger partial charge >= 0.3 is 0 Å². The molecule has 0 saturated carbocycles. The molecule has 4 heterocycles. The molecule has 120 valence electrons. The minimum Gasteiger partial charge on any atom is -0.323 e. The topological polar surface area (TPSA) is 102 Å². The number of anilines is 2. The monoisotopic (exact) mass is 434 g/mol. The largest absolute Gasteiger partial charge is 0.323 e. The van der Waals surface area contributed by atoms with E-state index < -0.39 is 0 Å². The van der Waals surface area contributed by atoms with E-state index in [0.29, 0.717) is 22.8 Å². The van der Waals surface area contributed by atoms with Crippen molar-refractivity contribution in [3.8, 4) is 0 Å². The summed E-state index contributed by atoms with van der Waals surface area (Å²) < 4.78 is 6.11. The highest BCUT2D eigenvalue weighted by Crippen LogP contribution is 2.16. The molecule has 0 spiro atoms. The van der Waals surface area contributed by atoms with Crippen LogP contribution in [0.2, 0.25) is 0 Å². The Morgan fingerprint density at radius 3 is 3.00 bits per heavy atom. The average molecular weight is 434 g/mol. The molecule has 0 unspecified atom stereocenters. The van der Waals surface area contributed by atoms with E-state index in [9.17, 15) is 4.79 Å². The normalized spacial score (nSPS) is 11.0. The average Bonchev–Trinajstić information content (AvgIpc) is 3.21. The summed E-state index contributed by atoms with van der Waals surface area (Å²) in [6.45, 7) is 0.0661. The second-order valence-electron chi connectivity index (χ2n) is 5.03. The Morgan fingerprint density at radius 2 is 2.12 bits per heavy atom. The molecule has 0 aliphatic carbocycles. The van der Waals surface area contributed by atoms with Gasteiger partial charge < -0.3 is 8.85 Å². The van der Waals surface area contributed by atoms with Gasteiger partial charge in [-0.2, -0.15) is 10.2 Å². The van der Waals surface area contributed by atoms with Gasteiger partial charge in [0.05, 0.1) is 40.9 Å². The van der Waals surface area contributed by atoms with Gasteiger partial charge in [-0.3, -0.25) is 4.79 Å². The molecular weight excluding hydrogens is 423 g/mol. The van der Waals surface area contributed by atoms with Crippen molar-refractivity contribution in [3.05, 3.63) is 43.0 Å². The van der Waals surface area contributed by atoms with E-state index in [4.69, 9.17) is 0 Å². The second kappa shape index (κ2) is 6.03. The third-order valence-electron chi connectivity index (χ3n) is 3.43. The summed E-state index contributed by atoms with van der Waals surface area (Å²) >= 11 is 2.01. The highest BCUT2D eigenvalue weighted by atomic mass is 127. The van der Waals surface area contributed by atoms with Crippen molar-refractivity contribution < 1.29 is 4.79 Å². The minimum absolute atomic E-state index is 0.0661. The van der Waals surface area contributed by atoms with Crippen LogP contribution in [-0.2, 0) is 11.3 Å². The Balaban J connectivity index is 1.55. The smallest absolute Gasteiger partial charge is 0.246 e. The van der Waals surface area contributed by atoms with Crippen LogP contribution in [0.1, 0.15) is 0 Å². The van der Waals surface area contributed by atoms with E-state index >= 15 is 0 Å². The molecule has 2 N–H and O–H groups in total. The first-order valence-electron chi connectivity index (χ1n) is 7.01. The Bertz CT molecular complexity index is 1040. The molecule has 10 heteroatoms. The standard InChI is InChI=1S/C14H11IN8O/c15-21-11-3-1-9-5-17-23(14(9)20-11)7-13(24)19-10-2-4-12-16-8-18-22(12)6-10/h1-6,8H,7H2,(H,19,24)(H,20,21). The van der Waals surface area contributed by atoms with Crippen LogP contribution >= 0.6 is 22.9 Å². The number of halogens is 1. The molecule has 0 atom stereocenters. The van der Waals surface area contributed by atoms with Crippen LogP contribution < -0.4 is 8.85 Å². The predicted octanol–water partition coefficient (Wildman–Crippen LogP) is 1.87. The Hall–Kier alpha value is -2.76. The van der Waals surface area contributed by atoms with Crippen molar-refractivity contribution in [2.24, 2.45) is 0 Å². The minimum atomic E-state index is -0.200. The summed E-state index contributed by atoms with van der Waals surface area (Å²) in [6.07, 6.45) is 4.85. The molecule has 4 rings (SSSR count). The second-order valence-corrected chi connectivity index (χ2v) is 5.57. The molecule has 0 radical (unpaired) electrons. The zero-order valence-electron chi connectivity index (χ0n) is 12.2. The van der Waals surface area contributed by atoms with Crippen molar-refractivity contribution in [2.75, 3.05) is 8.85 Å². The quantitative estimate of drug-likeness (QED) is 0.376. The van der Waals surface area contributed by atoms with Crippen molar-refractivity contribution in [1.82, 2.24) is 29.4 Å². The van der Waals surface area contributed by atoms with Crippen molar-refractivity contribution in [3.63, 3.8) is 0 Å². The lowest BCUT2D eigenvalue weighted by Gasteiger charge is -2.06. The highest BCUT2D eigenvalue weighted by Gasteiger charge is 2.10. The summed E-state index contributed by atoms with van der Waals surface area (Å²) in [5, 5.41) is 12.0. The zero-order valence-corrected chi connectivity index (χ0v) is 14.4. The summed E-state index contributed by atoms with van der Waals surface area (Å²) in [5.41, 5.74) is 2.00. The molecule has 0 aliphatic heterocycles. The first-order valence-corrected chi connectivity index (χ1v) is 8.09. The van der Waals surface area contributed by atoms with Crippen LogP contribution in [0.3, 0.4) is 0 Å². The molecular formula is C14H11IN8O. The number of hydrogen-bond acceptors (Lipinski definition) is 6. The number of hydrogen-bond donors (Lipinski definition) is 2. The molecule has 9 nitrogen and oxygen atoms in total. The fourth-order valence-corrected chi connectivity index (χ4v) is 2.65. The van der Waals surface area contributed by atoms with E-state index in [-0.39, 0.29) is 12.5 Å². The fraction of sp³-hybridized carbons (Fsp3) is 0.0714. The number of amides is 1. The molecule has 0 aliphatic rings. The SMILES string of the molecule is O=C(Cn1ncc2ccc(NI)nc21)Nc1ccc2ncnn2c1. The van der Waals surface area contributed by atoms with Gasteiger partial charge in [0.15, 0.2) is 11.3 Å². The molecule has 4 aromatic heterocycles. The summed E-state index contributed by atoms with van der Waals surface area (Å²) in [7, 11) is 0. The molecule has 4 aromatic rings. The first-order chi connectivity index (χ1) is 11.7. The van der Waals surface area contributed by atoms with E-state index in [1.54, 1.807) is 33.7 Å². The Morgan fingerprint density at radius 1 is 1.21 bits per heavy atom. The van der Waals surface area contributed by atoms with Gasteiger partial charge in [-0.25, -0.2) is 19.2 Å². The van der Waals surface area contributed by atoms with E-state index in [0.717, 1.165) is 5.39 Å². The number of nitrogens with zero attached hydrogens (tertiary/aromatic N) is 6. The van der Waals surface area contributed by atoms with Gasteiger partial charge in [0.2, 0.25) is 5.91 Å². The molecule has 1 amide bonds. The zero-order chi connectivity index (χ0) is 16.5. The first kappa shape index (κ1) is 14.8. The van der Waals surface area contributed by atoms with Crippen LogP contribution in [0.15, 0.2) is 43.0 Å². The maximum atomic E-state index is 12.3. The van der Waals surface area contributed by atoms with Crippen LogP contribution in [-0.4, -0.2) is 35.3 Å². The number of nitrogens with one attached hydrogen (secondary N) is 2. The summed E-state index contributed by atoms with van der Waals surface area (Å²) in [5.74, 6) is 0.510. The molecule has 0 fully saturated rings. The summed E-state index contributed by atoms with van der Waals surface area (Å²) in [4.78, 5) is 20.8. The lowest BCUT2D eigenvalue weighted by molar-refractivity contribution is -0.116. The number of rotatable bonds is 4. The van der Waals surface area contributed by atoms with Crippen LogP contribution in [0.5, 0.6) is 0 Å². The highest BCUT2D eigenvalue weighted by molar-refractivity contribution is 14.1. The summed E-state index contributed by atoms with van der Waals surface area (Å²) in [6, 6.07) is 7.32. The van der Waals surface area contributed by atoms with Gasteiger partial charge in [-0.1, -0.05) is 0 Å². The third kappa shape index (κ3) is 2.75. The van der Waals surface area contributed by atoms with Crippen LogP contribution in [0, 0.1) is 0 Å². The van der Waals surface area contributed by atoms with Crippen LogP contribution in [0.25, 0.3) is 16.7 Å². The predicted molar refractivity (Wildman–Crippen MR) is 96.8 cm³/mol.